The molecule has 5 rings (SSSR count). The molecule has 0 unspecified atom stereocenters. The number of rotatable bonds is 4. The molecule has 0 N–H and O–H groups in total. The second-order valence-corrected chi connectivity index (χ2v) is 8.55. The van der Waals surface area contributed by atoms with E-state index in [2.05, 4.69) is 53.3 Å². The van der Waals surface area contributed by atoms with Crippen LogP contribution in [0, 0.1) is 13.8 Å². The average molecular weight is 408 g/mol. The van der Waals surface area contributed by atoms with Crippen molar-refractivity contribution in [2.45, 2.75) is 20.4 Å². The van der Waals surface area contributed by atoms with Crippen molar-refractivity contribution in [3.8, 4) is 22.1 Å². The lowest BCUT2D eigenvalue weighted by Gasteiger charge is -2.36. The molecule has 0 radical (unpaired) electrons. The Kier molecular flexibility index (Phi) is 4.89. The minimum Gasteiger partial charge on any atom is -0.454 e. The molecule has 2 aliphatic heterocycles. The van der Waals surface area contributed by atoms with E-state index in [-0.39, 0.29) is 0 Å². The third kappa shape index (κ3) is 3.70. The van der Waals surface area contributed by atoms with Crippen LogP contribution in [0.4, 0.5) is 5.69 Å². The van der Waals surface area contributed by atoms with Gasteiger partial charge in [0.15, 0.2) is 11.5 Å². The summed E-state index contributed by atoms with van der Waals surface area (Å²) in [6, 6.07) is 12.6. The smallest absolute Gasteiger partial charge is 0.231 e. The van der Waals surface area contributed by atoms with E-state index >= 15 is 0 Å². The Morgan fingerprint density at radius 1 is 1.00 bits per heavy atom. The van der Waals surface area contributed by atoms with E-state index in [9.17, 15) is 0 Å². The maximum atomic E-state index is 5.49. The fourth-order valence-electron chi connectivity index (χ4n) is 4.00. The number of fused-ring (bicyclic) bond motifs is 1. The number of thiazole rings is 1. The normalized spacial score (nSPS) is 16.4. The van der Waals surface area contributed by atoms with Gasteiger partial charge in [0.05, 0.1) is 5.69 Å². The molecule has 1 aromatic heterocycles. The minimum absolute atomic E-state index is 0.302. The Morgan fingerprint density at radius 2 is 1.83 bits per heavy atom. The molecule has 0 bridgehead atoms. The molecule has 150 valence electrons. The number of piperazine rings is 1. The van der Waals surface area contributed by atoms with Gasteiger partial charge in [0.1, 0.15) is 5.01 Å². The number of ether oxygens (including phenoxy) is 2. The fraction of sp³-hybridized carbons (Fsp3) is 0.348. The third-order valence-corrected chi connectivity index (χ3v) is 6.79. The zero-order valence-electron chi connectivity index (χ0n) is 16.9. The molecule has 29 heavy (non-hydrogen) atoms. The number of benzene rings is 2. The summed E-state index contributed by atoms with van der Waals surface area (Å²) >= 11 is 1.69. The molecular weight excluding hydrogens is 382 g/mol. The molecule has 3 heterocycles. The molecule has 2 aromatic carbocycles. The summed E-state index contributed by atoms with van der Waals surface area (Å²) in [6.45, 7) is 9.86. The lowest BCUT2D eigenvalue weighted by Crippen LogP contribution is -2.46. The van der Waals surface area contributed by atoms with Gasteiger partial charge in [-0.3, -0.25) is 4.90 Å². The second-order valence-electron chi connectivity index (χ2n) is 7.69. The Hall–Kier alpha value is -2.57. The van der Waals surface area contributed by atoms with Crippen LogP contribution in [0.3, 0.4) is 0 Å². The molecule has 0 atom stereocenters. The SMILES string of the molecule is Cc1cccc(N2CCN(Cc3csc(-c4ccc5c(c4)OCO5)n3)CC2)c1C. The van der Waals surface area contributed by atoms with Crippen molar-refractivity contribution in [1.29, 1.82) is 0 Å². The van der Waals surface area contributed by atoms with E-state index in [0.717, 1.165) is 60.5 Å². The lowest BCUT2D eigenvalue weighted by atomic mass is 10.1. The van der Waals surface area contributed by atoms with Crippen molar-refractivity contribution in [2.75, 3.05) is 37.9 Å². The van der Waals surface area contributed by atoms with Crippen LogP contribution < -0.4 is 14.4 Å². The van der Waals surface area contributed by atoms with Gasteiger partial charge in [-0.15, -0.1) is 11.3 Å². The van der Waals surface area contributed by atoms with Crippen LogP contribution in [0.15, 0.2) is 41.8 Å². The van der Waals surface area contributed by atoms with Crippen LogP contribution in [0.5, 0.6) is 11.5 Å². The van der Waals surface area contributed by atoms with Crippen molar-refractivity contribution in [2.24, 2.45) is 0 Å². The van der Waals surface area contributed by atoms with Crippen molar-refractivity contribution >= 4 is 17.0 Å². The van der Waals surface area contributed by atoms with E-state index in [0.29, 0.717) is 6.79 Å². The molecule has 0 spiro atoms. The van der Waals surface area contributed by atoms with Gasteiger partial charge in [-0.05, 0) is 49.2 Å². The van der Waals surface area contributed by atoms with Crippen molar-refractivity contribution in [3.05, 3.63) is 58.6 Å². The summed E-state index contributed by atoms with van der Waals surface area (Å²) in [4.78, 5) is 9.88. The highest BCUT2D eigenvalue weighted by Crippen LogP contribution is 2.36. The van der Waals surface area contributed by atoms with Crippen LogP contribution >= 0.6 is 11.3 Å². The van der Waals surface area contributed by atoms with E-state index < -0.39 is 0 Å². The van der Waals surface area contributed by atoms with Gasteiger partial charge in [-0.2, -0.15) is 0 Å². The zero-order valence-corrected chi connectivity index (χ0v) is 17.7. The number of aromatic nitrogens is 1. The Labute approximate surface area is 175 Å². The molecule has 0 aliphatic carbocycles. The first-order chi connectivity index (χ1) is 14.2. The Morgan fingerprint density at radius 3 is 2.69 bits per heavy atom. The summed E-state index contributed by atoms with van der Waals surface area (Å²) in [6.07, 6.45) is 0. The van der Waals surface area contributed by atoms with Crippen molar-refractivity contribution in [1.82, 2.24) is 9.88 Å². The number of hydrogen-bond acceptors (Lipinski definition) is 6. The molecule has 0 amide bonds. The van der Waals surface area contributed by atoms with Crippen LogP contribution in [0.1, 0.15) is 16.8 Å². The molecule has 2 aliphatic rings. The second kappa shape index (κ2) is 7.69. The summed E-state index contributed by atoms with van der Waals surface area (Å²) in [5.41, 5.74) is 6.37. The highest BCUT2D eigenvalue weighted by molar-refractivity contribution is 7.13. The molecule has 5 nitrogen and oxygen atoms in total. The number of hydrogen-bond donors (Lipinski definition) is 0. The Balaban J connectivity index is 1.22. The van der Waals surface area contributed by atoms with Crippen LogP contribution in [-0.4, -0.2) is 42.9 Å². The summed E-state index contributed by atoms with van der Waals surface area (Å²) < 4.78 is 10.9. The lowest BCUT2D eigenvalue weighted by molar-refractivity contribution is 0.174. The first kappa shape index (κ1) is 18.5. The van der Waals surface area contributed by atoms with Crippen LogP contribution in [-0.2, 0) is 6.54 Å². The quantitative estimate of drug-likeness (QED) is 0.638. The molecule has 3 aromatic rings. The van der Waals surface area contributed by atoms with Crippen LogP contribution in [0.2, 0.25) is 0 Å². The molecule has 1 saturated heterocycles. The standard InChI is InChI=1S/C23H25N3O2S/c1-16-4-3-5-20(17(16)2)26-10-8-25(9-11-26)13-19-14-29-23(24-19)18-6-7-21-22(12-18)28-15-27-21/h3-7,12,14H,8-11,13,15H2,1-2H3. The van der Waals surface area contributed by atoms with Gasteiger partial charge in [0.25, 0.3) is 0 Å². The van der Waals surface area contributed by atoms with Crippen molar-refractivity contribution in [3.63, 3.8) is 0 Å². The maximum Gasteiger partial charge on any atom is 0.231 e. The van der Waals surface area contributed by atoms with Crippen LogP contribution in [0.25, 0.3) is 10.6 Å². The predicted octanol–water partition coefficient (Wildman–Crippen LogP) is 4.48. The first-order valence-electron chi connectivity index (χ1n) is 10.1. The monoisotopic (exact) mass is 407 g/mol. The van der Waals surface area contributed by atoms with Gasteiger partial charge < -0.3 is 14.4 Å². The highest BCUT2D eigenvalue weighted by Gasteiger charge is 2.20. The van der Waals surface area contributed by atoms with Gasteiger partial charge >= 0.3 is 0 Å². The number of nitrogens with zero attached hydrogens (tertiary/aromatic N) is 3. The average Bonchev–Trinajstić information content (AvgIpc) is 3.39. The fourth-order valence-corrected chi connectivity index (χ4v) is 4.80. The maximum absolute atomic E-state index is 5.49. The van der Waals surface area contributed by atoms with Gasteiger partial charge in [0, 0.05) is 49.4 Å². The predicted molar refractivity (Wildman–Crippen MR) is 117 cm³/mol. The topological polar surface area (TPSA) is 37.8 Å². The largest absolute Gasteiger partial charge is 0.454 e. The molecular formula is C23H25N3O2S. The molecule has 6 heteroatoms. The van der Waals surface area contributed by atoms with Gasteiger partial charge in [-0.25, -0.2) is 4.98 Å². The third-order valence-electron chi connectivity index (χ3n) is 5.85. The number of aryl methyl sites for hydroxylation is 1. The summed E-state index contributed by atoms with van der Waals surface area (Å²) in [7, 11) is 0. The summed E-state index contributed by atoms with van der Waals surface area (Å²) in [5, 5.41) is 3.21. The Bertz CT molecular complexity index is 1020. The van der Waals surface area contributed by atoms with Gasteiger partial charge in [0.2, 0.25) is 6.79 Å². The zero-order chi connectivity index (χ0) is 19.8. The number of anilines is 1. The van der Waals surface area contributed by atoms with E-state index in [4.69, 9.17) is 14.5 Å². The van der Waals surface area contributed by atoms with Crippen molar-refractivity contribution < 1.29 is 9.47 Å². The van der Waals surface area contributed by atoms with E-state index in [1.807, 2.05) is 12.1 Å². The first-order valence-corrected chi connectivity index (χ1v) is 10.9. The van der Waals surface area contributed by atoms with E-state index in [1.165, 1.54) is 16.8 Å². The molecule has 1 fully saturated rings. The molecule has 0 saturated carbocycles. The minimum atomic E-state index is 0.302. The highest BCUT2D eigenvalue weighted by atomic mass is 32.1. The summed E-state index contributed by atoms with van der Waals surface area (Å²) in [5.74, 6) is 1.62. The van der Waals surface area contributed by atoms with Gasteiger partial charge in [-0.1, -0.05) is 12.1 Å². The van der Waals surface area contributed by atoms with E-state index in [1.54, 1.807) is 11.3 Å².